The van der Waals surface area contributed by atoms with Gasteiger partial charge in [0, 0.05) is 62.0 Å². The molecule has 160 valence electrons. The lowest BCUT2D eigenvalue weighted by Crippen LogP contribution is -2.40. The third-order valence-corrected chi connectivity index (χ3v) is 4.57. The van der Waals surface area contributed by atoms with Crippen molar-refractivity contribution < 1.29 is 4.74 Å². The predicted molar refractivity (Wildman–Crippen MR) is 121 cm³/mol. The van der Waals surface area contributed by atoms with Crippen LogP contribution in [-0.4, -0.2) is 45.5 Å². The molecular weight excluding hydrogens is 390 g/mol. The number of pyridine rings is 2. The number of nitrogens with one attached hydrogen (secondary N) is 2. The van der Waals surface area contributed by atoms with Crippen molar-refractivity contribution in [2.45, 2.75) is 19.4 Å². The molecule has 0 fully saturated rings. The second-order valence-corrected chi connectivity index (χ2v) is 7.11. The molecule has 0 spiro atoms. The van der Waals surface area contributed by atoms with E-state index in [1.807, 2.05) is 44.7 Å². The van der Waals surface area contributed by atoms with Crippen LogP contribution >= 0.6 is 0 Å². The van der Waals surface area contributed by atoms with Crippen LogP contribution in [0, 0.1) is 11.3 Å². The average Bonchev–Trinajstić information content (AvgIpc) is 3.23. The van der Waals surface area contributed by atoms with Crippen LogP contribution in [-0.2, 0) is 13.5 Å². The summed E-state index contributed by atoms with van der Waals surface area (Å²) in [7, 11) is 1.89. The molecule has 1 unspecified atom stereocenters. The maximum Gasteiger partial charge on any atom is 0.237 e. The molecule has 4 rings (SSSR count). The van der Waals surface area contributed by atoms with Gasteiger partial charge >= 0.3 is 0 Å². The summed E-state index contributed by atoms with van der Waals surface area (Å²) in [5, 5.41) is 19.8. The molecule has 8 nitrogen and oxygen atoms in total. The lowest BCUT2D eigenvalue weighted by molar-refractivity contribution is 0.194. The number of rotatable bonds is 6. The maximum atomic E-state index is 8.80. The second-order valence-electron chi connectivity index (χ2n) is 7.11. The fraction of sp³-hybridized carbons (Fsp3) is 0.304. The smallest absolute Gasteiger partial charge is 0.237 e. The Hall–Kier alpha value is -3.70. The summed E-state index contributed by atoms with van der Waals surface area (Å²) in [5.74, 6) is 0.624. The maximum absolute atomic E-state index is 8.80. The van der Waals surface area contributed by atoms with Crippen molar-refractivity contribution in [3.05, 3.63) is 66.9 Å². The van der Waals surface area contributed by atoms with Gasteiger partial charge in [0.1, 0.15) is 12.2 Å². The number of nitrogens with zero attached hydrogens (tertiary/aromatic N) is 5. The summed E-state index contributed by atoms with van der Waals surface area (Å²) >= 11 is 0. The van der Waals surface area contributed by atoms with E-state index in [9.17, 15) is 0 Å². The first-order valence-electron chi connectivity index (χ1n) is 10.1. The highest BCUT2D eigenvalue weighted by Crippen LogP contribution is 2.30. The molecule has 1 aliphatic heterocycles. The van der Waals surface area contributed by atoms with Crippen LogP contribution in [0.15, 0.2) is 55.6 Å². The van der Waals surface area contributed by atoms with Crippen LogP contribution in [0.25, 0.3) is 11.1 Å². The van der Waals surface area contributed by atoms with E-state index in [-0.39, 0.29) is 6.10 Å². The third kappa shape index (κ3) is 6.14. The van der Waals surface area contributed by atoms with E-state index in [0.29, 0.717) is 18.0 Å². The van der Waals surface area contributed by atoms with Gasteiger partial charge in [-0.2, -0.15) is 10.4 Å². The standard InChI is InChI=1S/C20H21N7O.C3H6/c1-27-13-16(10-26-27)15-6-19-20(25-9-15)28-18(12-24-19)11-22-5-4-17-3-2-14(7-21)8-23-17;1-3-2/h2-3,6,8-10,13,18,22,24H,4-5,11-12H2,1H3;3H,1H2,2H3. The van der Waals surface area contributed by atoms with Crippen LogP contribution < -0.4 is 15.4 Å². The average molecular weight is 418 g/mol. The SMILES string of the molecule is C=CC.Cn1cc(-c2cnc3c(c2)NCC(CNCCc2ccc(C#N)cn2)O3)cn1. The molecule has 2 N–H and O–H groups in total. The lowest BCUT2D eigenvalue weighted by Gasteiger charge is -2.27. The zero-order valence-corrected chi connectivity index (χ0v) is 17.9. The Kier molecular flexibility index (Phi) is 7.73. The van der Waals surface area contributed by atoms with Crippen LogP contribution in [0.1, 0.15) is 18.2 Å². The Balaban J connectivity index is 0.000000858. The minimum Gasteiger partial charge on any atom is -0.470 e. The number of allylic oxidation sites excluding steroid dienone is 1. The van der Waals surface area contributed by atoms with Gasteiger partial charge in [-0.25, -0.2) is 4.98 Å². The Morgan fingerprint density at radius 3 is 2.84 bits per heavy atom. The lowest BCUT2D eigenvalue weighted by atomic mass is 10.1. The van der Waals surface area contributed by atoms with Crippen LogP contribution in [0.3, 0.4) is 0 Å². The largest absolute Gasteiger partial charge is 0.470 e. The number of aromatic nitrogens is 4. The third-order valence-electron chi connectivity index (χ3n) is 4.57. The fourth-order valence-electron chi connectivity index (χ4n) is 3.06. The van der Waals surface area contributed by atoms with Crippen molar-refractivity contribution in [2.75, 3.05) is 25.0 Å². The van der Waals surface area contributed by atoms with Gasteiger partial charge in [0.2, 0.25) is 5.88 Å². The van der Waals surface area contributed by atoms with E-state index in [1.165, 1.54) is 0 Å². The van der Waals surface area contributed by atoms with E-state index in [1.54, 1.807) is 23.0 Å². The normalized spacial score (nSPS) is 14.2. The first-order valence-corrected chi connectivity index (χ1v) is 10.1. The van der Waals surface area contributed by atoms with Crippen molar-refractivity contribution >= 4 is 5.69 Å². The van der Waals surface area contributed by atoms with Crippen LogP contribution in [0.5, 0.6) is 5.88 Å². The molecule has 0 aliphatic carbocycles. The van der Waals surface area contributed by atoms with Crippen molar-refractivity contribution in [2.24, 2.45) is 7.05 Å². The highest BCUT2D eigenvalue weighted by molar-refractivity contribution is 5.69. The summed E-state index contributed by atoms with van der Waals surface area (Å²) < 4.78 is 7.77. The number of nitriles is 1. The number of fused-ring (bicyclic) bond motifs is 1. The number of anilines is 1. The van der Waals surface area contributed by atoms with E-state index in [0.717, 1.165) is 42.0 Å². The summed E-state index contributed by atoms with van der Waals surface area (Å²) in [5.41, 5.74) is 4.48. The molecule has 0 radical (unpaired) electrons. The fourth-order valence-corrected chi connectivity index (χ4v) is 3.06. The molecule has 0 amide bonds. The number of aryl methyl sites for hydroxylation is 1. The topological polar surface area (TPSA) is 101 Å². The Bertz CT molecular complexity index is 1040. The zero-order valence-electron chi connectivity index (χ0n) is 17.9. The monoisotopic (exact) mass is 417 g/mol. The molecule has 1 aliphatic rings. The van der Waals surface area contributed by atoms with Crippen molar-refractivity contribution in [3.8, 4) is 23.1 Å². The van der Waals surface area contributed by atoms with E-state index in [4.69, 9.17) is 10.00 Å². The van der Waals surface area contributed by atoms with Gasteiger partial charge in [-0.1, -0.05) is 6.08 Å². The van der Waals surface area contributed by atoms with Gasteiger partial charge in [0.15, 0.2) is 0 Å². The molecule has 0 bridgehead atoms. The molecular formula is C23H27N7O. The summed E-state index contributed by atoms with van der Waals surface area (Å²) in [6.45, 7) is 7.47. The van der Waals surface area contributed by atoms with Crippen molar-refractivity contribution in [3.63, 3.8) is 0 Å². The Morgan fingerprint density at radius 2 is 2.16 bits per heavy atom. The molecule has 31 heavy (non-hydrogen) atoms. The highest BCUT2D eigenvalue weighted by Gasteiger charge is 2.20. The van der Waals surface area contributed by atoms with E-state index < -0.39 is 0 Å². The number of ether oxygens (including phenoxy) is 1. The van der Waals surface area contributed by atoms with Gasteiger partial charge in [0.05, 0.1) is 24.0 Å². The number of hydrogen-bond acceptors (Lipinski definition) is 7. The first kappa shape index (κ1) is 22.0. The molecule has 1 atom stereocenters. The molecule has 0 saturated carbocycles. The second kappa shape index (κ2) is 10.9. The van der Waals surface area contributed by atoms with Crippen LogP contribution in [0.2, 0.25) is 0 Å². The molecule has 3 aromatic heterocycles. The predicted octanol–water partition coefficient (Wildman–Crippen LogP) is 2.95. The molecule has 4 heterocycles. The summed E-state index contributed by atoms with van der Waals surface area (Å²) in [4.78, 5) is 8.74. The summed E-state index contributed by atoms with van der Waals surface area (Å²) in [6, 6.07) is 7.79. The quantitative estimate of drug-likeness (QED) is 0.470. The Morgan fingerprint density at radius 1 is 1.32 bits per heavy atom. The minimum absolute atomic E-state index is 0.0122. The van der Waals surface area contributed by atoms with Gasteiger partial charge in [-0.3, -0.25) is 9.67 Å². The summed E-state index contributed by atoms with van der Waals surface area (Å²) in [6.07, 6.45) is 9.76. The first-order chi connectivity index (χ1) is 15.1. The van der Waals surface area contributed by atoms with Gasteiger partial charge in [-0.05, 0) is 25.1 Å². The van der Waals surface area contributed by atoms with Gasteiger partial charge in [0.25, 0.3) is 0 Å². The van der Waals surface area contributed by atoms with E-state index in [2.05, 4.69) is 38.3 Å². The Labute approximate surface area is 182 Å². The van der Waals surface area contributed by atoms with Crippen molar-refractivity contribution in [1.29, 1.82) is 5.26 Å². The molecule has 0 aromatic carbocycles. The van der Waals surface area contributed by atoms with E-state index >= 15 is 0 Å². The number of hydrogen-bond donors (Lipinski definition) is 2. The molecule has 8 heteroatoms. The van der Waals surface area contributed by atoms with Gasteiger partial charge < -0.3 is 15.4 Å². The van der Waals surface area contributed by atoms with Crippen molar-refractivity contribution in [1.82, 2.24) is 25.1 Å². The zero-order chi connectivity index (χ0) is 22.1. The highest BCUT2D eigenvalue weighted by atomic mass is 16.5. The van der Waals surface area contributed by atoms with Crippen LogP contribution in [0.4, 0.5) is 5.69 Å². The minimum atomic E-state index is 0.0122. The molecule has 3 aromatic rings. The molecule has 0 saturated heterocycles. The van der Waals surface area contributed by atoms with Gasteiger partial charge in [-0.15, -0.1) is 6.58 Å².